The molecule has 1 aromatic rings. The summed E-state index contributed by atoms with van der Waals surface area (Å²) < 4.78 is 11.6. The smallest absolute Gasteiger partial charge is 0.0721 e. The molecule has 3 heteroatoms. The summed E-state index contributed by atoms with van der Waals surface area (Å²) >= 11 is 1.95. The highest BCUT2D eigenvalue weighted by atomic mass is 32.2. The van der Waals surface area contributed by atoms with E-state index in [1.54, 1.807) is 7.11 Å². The molecular weight excluding hydrogens is 280 g/mol. The lowest BCUT2D eigenvalue weighted by atomic mass is 10.0. The Morgan fingerprint density at radius 1 is 1.43 bits per heavy atom. The van der Waals surface area contributed by atoms with Crippen LogP contribution in [-0.4, -0.2) is 31.2 Å². The summed E-state index contributed by atoms with van der Waals surface area (Å²) in [5, 5.41) is 0.518. The van der Waals surface area contributed by atoms with Gasteiger partial charge in [-0.3, -0.25) is 0 Å². The molecule has 0 saturated carbocycles. The van der Waals surface area contributed by atoms with E-state index in [1.807, 2.05) is 17.8 Å². The van der Waals surface area contributed by atoms with Crippen LogP contribution >= 0.6 is 11.8 Å². The van der Waals surface area contributed by atoms with E-state index in [1.165, 1.54) is 16.9 Å². The van der Waals surface area contributed by atoms with E-state index >= 15 is 0 Å². The van der Waals surface area contributed by atoms with Crippen molar-refractivity contribution in [1.82, 2.24) is 0 Å². The molecule has 0 amide bonds. The van der Waals surface area contributed by atoms with Crippen LogP contribution < -0.4 is 0 Å². The van der Waals surface area contributed by atoms with E-state index < -0.39 is 0 Å². The van der Waals surface area contributed by atoms with Crippen molar-refractivity contribution in [1.29, 1.82) is 0 Å². The van der Waals surface area contributed by atoms with Gasteiger partial charge in [0.05, 0.1) is 12.2 Å². The summed E-state index contributed by atoms with van der Waals surface area (Å²) in [6.07, 6.45) is 6.62. The quantitative estimate of drug-likeness (QED) is 0.685. The summed E-state index contributed by atoms with van der Waals surface area (Å²) in [5.41, 5.74) is 1.31. The molecular formula is C18H26O2S. The highest BCUT2D eigenvalue weighted by molar-refractivity contribution is 8.00. The molecule has 0 spiro atoms. The van der Waals surface area contributed by atoms with E-state index in [-0.39, 0.29) is 12.2 Å². The Labute approximate surface area is 132 Å². The van der Waals surface area contributed by atoms with Crippen LogP contribution in [-0.2, 0) is 9.47 Å². The van der Waals surface area contributed by atoms with E-state index in [0.29, 0.717) is 5.25 Å². The first-order valence-corrected chi connectivity index (χ1v) is 8.59. The minimum Gasteiger partial charge on any atom is -0.381 e. The van der Waals surface area contributed by atoms with Gasteiger partial charge in [-0.2, -0.15) is 0 Å². The number of benzene rings is 1. The van der Waals surface area contributed by atoms with Gasteiger partial charge >= 0.3 is 0 Å². The fraction of sp³-hybridized carbons (Fsp3) is 0.556. The summed E-state index contributed by atoms with van der Waals surface area (Å²) in [4.78, 5) is 1.33. The zero-order valence-electron chi connectivity index (χ0n) is 13.1. The van der Waals surface area contributed by atoms with Crippen molar-refractivity contribution in [3.05, 3.63) is 42.5 Å². The molecule has 2 nitrogen and oxygen atoms in total. The van der Waals surface area contributed by atoms with Gasteiger partial charge < -0.3 is 9.47 Å². The monoisotopic (exact) mass is 306 g/mol. The summed E-state index contributed by atoms with van der Waals surface area (Å²) in [7, 11) is 1.78. The SMILES string of the molecule is C=CCC(C[C@H]1OCCC[C@@H]1Sc1ccc(C)cc1)OC. The average Bonchev–Trinajstić information content (AvgIpc) is 2.51. The summed E-state index contributed by atoms with van der Waals surface area (Å²) in [6, 6.07) is 8.78. The molecule has 116 valence electrons. The first-order chi connectivity index (χ1) is 10.2. The van der Waals surface area contributed by atoms with Crippen LogP contribution in [0.5, 0.6) is 0 Å². The second-order valence-corrected chi connectivity index (χ2v) is 6.95. The van der Waals surface area contributed by atoms with Crippen LogP contribution in [0, 0.1) is 6.92 Å². The van der Waals surface area contributed by atoms with Crippen molar-refractivity contribution < 1.29 is 9.47 Å². The second-order valence-electron chi connectivity index (χ2n) is 5.64. The molecule has 0 radical (unpaired) electrons. The lowest BCUT2D eigenvalue weighted by Gasteiger charge is -2.33. The van der Waals surface area contributed by atoms with E-state index in [0.717, 1.165) is 25.9 Å². The average molecular weight is 306 g/mol. The molecule has 1 aromatic carbocycles. The molecule has 0 N–H and O–H groups in total. The van der Waals surface area contributed by atoms with E-state index in [2.05, 4.69) is 37.8 Å². The second kappa shape index (κ2) is 8.62. The third kappa shape index (κ3) is 5.17. The molecule has 1 unspecified atom stereocenters. The maximum absolute atomic E-state index is 6.03. The third-order valence-corrected chi connectivity index (χ3v) is 5.33. The van der Waals surface area contributed by atoms with Gasteiger partial charge in [-0.05, 0) is 38.3 Å². The predicted octanol–water partition coefficient (Wildman–Crippen LogP) is 4.62. The Morgan fingerprint density at radius 2 is 2.19 bits per heavy atom. The minimum atomic E-state index is 0.215. The van der Waals surface area contributed by atoms with Crippen LogP contribution in [0.25, 0.3) is 0 Å². The molecule has 1 saturated heterocycles. The van der Waals surface area contributed by atoms with Gasteiger partial charge in [0.25, 0.3) is 0 Å². The first kappa shape index (κ1) is 16.6. The molecule has 1 heterocycles. The highest BCUT2D eigenvalue weighted by Crippen LogP contribution is 2.34. The lowest BCUT2D eigenvalue weighted by molar-refractivity contribution is -0.0202. The molecule has 0 aromatic heterocycles. The Hall–Kier alpha value is -0.770. The Kier molecular flexibility index (Phi) is 6.81. The number of ether oxygens (including phenoxy) is 2. The van der Waals surface area contributed by atoms with Crippen molar-refractivity contribution in [2.24, 2.45) is 0 Å². The standard InChI is InChI=1S/C18H26O2S/c1-4-6-15(19-3)13-17-18(7-5-12-20-17)21-16-10-8-14(2)9-11-16/h4,8-11,15,17-18H,1,5-7,12-13H2,2-3H3/t15?,17-,18+/m1/s1. The zero-order valence-corrected chi connectivity index (χ0v) is 13.9. The largest absolute Gasteiger partial charge is 0.381 e. The topological polar surface area (TPSA) is 18.5 Å². The molecule has 21 heavy (non-hydrogen) atoms. The first-order valence-electron chi connectivity index (χ1n) is 7.71. The maximum atomic E-state index is 6.03. The van der Waals surface area contributed by atoms with Crippen LogP contribution in [0.3, 0.4) is 0 Å². The van der Waals surface area contributed by atoms with Gasteiger partial charge in [0.1, 0.15) is 0 Å². The van der Waals surface area contributed by atoms with Gasteiger partial charge in [-0.15, -0.1) is 18.3 Å². The van der Waals surface area contributed by atoms with E-state index in [4.69, 9.17) is 9.47 Å². The number of methoxy groups -OCH3 is 1. The molecule has 0 bridgehead atoms. The predicted molar refractivity (Wildman–Crippen MR) is 90.0 cm³/mol. The number of hydrogen-bond acceptors (Lipinski definition) is 3. The zero-order chi connectivity index (χ0) is 15.1. The number of hydrogen-bond donors (Lipinski definition) is 0. The molecule has 1 aliphatic heterocycles. The third-order valence-electron chi connectivity index (χ3n) is 3.95. The normalized spacial score (nSPS) is 23.7. The molecule has 2 rings (SSSR count). The van der Waals surface area contributed by atoms with Crippen LogP contribution in [0.4, 0.5) is 0 Å². The fourth-order valence-corrected chi connectivity index (χ4v) is 3.96. The Morgan fingerprint density at radius 3 is 2.86 bits per heavy atom. The van der Waals surface area contributed by atoms with Crippen LogP contribution in [0.15, 0.2) is 41.8 Å². The van der Waals surface area contributed by atoms with Crippen LogP contribution in [0.2, 0.25) is 0 Å². The van der Waals surface area contributed by atoms with Gasteiger partial charge in [0.2, 0.25) is 0 Å². The fourth-order valence-electron chi connectivity index (χ4n) is 2.69. The van der Waals surface area contributed by atoms with Gasteiger partial charge in [-0.25, -0.2) is 0 Å². The number of rotatable bonds is 7. The highest BCUT2D eigenvalue weighted by Gasteiger charge is 2.29. The summed E-state index contributed by atoms with van der Waals surface area (Å²) in [6.45, 7) is 6.81. The molecule has 3 atom stereocenters. The summed E-state index contributed by atoms with van der Waals surface area (Å²) in [5.74, 6) is 0. The van der Waals surface area contributed by atoms with Crippen molar-refractivity contribution in [3.63, 3.8) is 0 Å². The Bertz CT molecular complexity index is 429. The minimum absolute atomic E-state index is 0.215. The number of thioether (sulfide) groups is 1. The van der Waals surface area contributed by atoms with E-state index in [9.17, 15) is 0 Å². The van der Waals surface area contributed by atoms with Crippen molar-refractivity contribution in [2.45, 2.75) is 55.0 Å². The maximum Gasteiger partial charge on any atom is 0.0721 e. The molecule has 0 aliphatic carbocycles. The van der Waals surface area contributed by atoms with Crippen LogP contribution in [0.1, 0.15) is 31.2 Å². The lowest BCUT2D eigenvalue weighted by Crippen LogP contribution is -2.35. The van der Waals surface area contributed by atoms with Gasteiger partial charge in [-0.1, -0.05) is 23.8 Å². The van der Waals surface area contributed by atoms with Crippen molar-refractivity contribution in [2.75, 3.05) is 13.7 Å². The van der Waals surface area contributed by atoms with Gasteiger partial charge in [0, 0.05) is 30.3 Å². The van der Waals surface area contributed by atoms with Crippen molar-refractivity contribution in [3.8, 4) is 0 Å². The number of aryl methyl sites for hydroxylation is 1. The molecule has 1 fully saturated rings. The van der Waals surface area contributed by atoms with Gasteiger partial charge in [0.15, 0.2) is 0 Å². The Balaban J connectivity index is 1.97. The van der Waals surface area contributed by atoms with Crippen molar-refractivity contribution >= 4 is 11.8 Å². The molecule has 1 aliphatic rings.